The van der Waals surface area contributed by atoms with E-state index in [2.05, 4.69) is 16.7 Å². The quantitative estimate of drug-likeness (QED) is 0.776. The van der Waals surface area contributed by atoms with Crippen molar-refractivity contribution in [1.29, 1.82) is 0 Å². The van der Waals surface area contributed by atoms with E-state index in [4.69, 9.17) is 4.74 Å². The summed E-state index contributed by atoms with van der Waals surface area (Å²) in [5, 5.41) is 5.30. The molecule has 0 radical (unpaired) electrons. The number of carbonyl (C=O) groups is 1. The molecule has 2 aromatic carbocycles. The van der Waals surface area contributed by atoms with Gasteiger partial charge in [-0.25, -0.2) is 0 Å². The first kappa shape index (κ1) is 17.5. The Labute approximate surface area is 149 Å². The molecule has 4 heteroatoms. The summed E-state index contributed by atoms with van der Waals surface area (Å²) in [6.45, 7) is 1.49. The maximum absolute atomic E-state index is 12.0. The van der Waals surface area contributed by atoms with Crippen LogP contribution >= 0.6 is 0 Å². The predicted molar refractivity (Wildman–Crippen MR) is 98.1 cm³/mol. The second-order valence-electron chi connectivity index (χ2n) is 6.64. The number of ether oxygens (including phenoxy) is 1. The fourth-order valence-electron chi connectivity index (χ4n) is 3.29. The first-order valence-corrected chi connectivity index (χ1v) is 9.16. The summed E-state index contributed by atoms with van der Waals surface area (Å²) in [5.74, 6) is 0.713. The van der Waals surface area contributed by atoms with Crippen molar-refractivity contribution in [2.24, 2.45) is 0 Å². The minimum absolute atomic E-state index is 0.0489. The predicted octanol–water partition coefficient (Wildman–Crippen LogP) is 2.39. The lowest BCUT2D eigenvalue weighted by Gasteiger charge is -2.13. The third-order valence-corrected chi connectivity index (χ3v) is 4.73. The molecule has 0 atom stereocenters. The molecule has 3 rings (SSSR count). The Bertz CT molecular complexity index is 667. The van der Waals surface area contributed by atoms with Crippen molar-refractivity contribution in [2.45, 2.75) is 44.8 Å². The molecule has 2 aromatic rings. The lowest BCUT2D eigenvalue weighted by molar-refractivity contribution is -0.703. The van der Waals surface area contributed by atoms with Crippen molar-refractivity contribution in [3.8, 4) is 5.75 Å². The number of hydrogen-bond donors (Lipinski definition) is 2. The number of quaternary nitrogens is 1. The first-order valence-electron chi connectivity index (χ1n) is 9.16. The zero-order chi connectivity index (χ0) is 17.3. The maximum atomic E-state index is 12.0. The Kier molecular flexibility index (Phi) is 6.46. The summed E-state index contributed by atoms with van der Waals surface area (Å²) in [7, 11) is 0. The van der Waals surface area contributed by atoms with Crippen molar-refractivity contribution in [3.63, 3.8) is 0 Å². The molecule has 0 saturated heterocycles. The number of hydrogen-bond acceptors (Lipinski definition) is 2. The van der Waals surface area contributed by atoms with E-state index in [0.29, 0.717) is 6.54 Å². The Balaban J connectivity index is 1.46. The molecule has 1 aliphatic rings. The van der Waals surface area contributed by atoms with Crippen molar-refractivity contribution in [3.05, 3.63) is 65.7 Å². The van der Waals surface area contributed by atoms with Crippen molar-refractivity contribution in [2.75, 3.05) is 6.61 Å². The van der Waals surface area contributed by atoms with Crippen LogP contribution < -0.4 is 15.4 Å². The van der Waals surface area contributed by atoms with E-state index in [1.54, 1.807) is 0 Å². The largest absolute Gasteiger partial charge is 0.483 e. The molecule has 0 bridgehead atoms. The van der Waals surface area contributed by atoms with Crippen LogP contribution in [0.4, 0.5) is 0 Å². The lowest BCUT2D eigenvalue weighted by atomic mass is 10.1. The van der Waals surface area contributed by atoms with E-state index < -0.39 is 0 Å². The van der Waals surface area contributed by atoms with Gasteiger partial charge in [0.15, 0.2) is 6.61 Å². The molecule has 0 aliphatic heterocycles. The van der Waals surface area contributed by atoms with Crippen molar-refractivity contribution >= 4 is 5.91 Å². The fourth-order valence-corrected chi connectivity index (χ4v) is 3.29. The number of para-hydroxylation sites is 1. The second-order valence-corrected chi connectivity index (χ2v) is 6.64. The Morgan fingerprint density at radius 3 is 2.56 bits per heavy atom. The summed E-state index contributed by atoms with van der Waals surface area (Å²) in [4.78, 5) is 12.0. The Morgan fingerprint density at radius 2 is 1.76 bits per heavy atom. The number of nitrogens with two attached hydrogens (primary N) is 1. The lowest BCUT2D eigenvalue weighted by Crippen LogP contribution is -2.87. The van der Waals surface area contributed by atoms with Gasteiger partial charge in [-0.2, -0.15) is 0 Å². The molecule has 1 amide bonds. The molecule has 1 aliphatic carbocycles. The summed E-state index contributed by atoms with van der Waals surface area (Å²) < 4.78 is 5.77. The van der Waals surface area contributed by atoms with Crippen LogP contribution in [0, 0.1) is 0 Å². The highest BCUT2D eigenvalue weighted by Crippen LogP contribution is 2.18. The summed E-state index contributed by atoms with van der Waals surface area (Å²) in [5.41, 5.74) is 2.24. The highest BCUT2D eigenvalue weighted by Gasteiger charge is 2.18. The van der Waals surface area contributed by atoms with Gasteiger partial charge in [0.25, 0.3) is 5.91 Å². The van der Waals surface area contributed by atoms with Crippen LogP contribution in [0.2, 0.25) is 0 Å². The van der Waals surface area contributed by atoms with Gasteiger partial charge in [0, 0.05) is 12.1 Å². The van der Waals surface area contributed by atoms with E-state index in [9.17, 15) is 4.79 Å². The molecule has 4 nitrogen and oxygen atoms in total. The van der Waals surface area contributed by atoms with Gasteiger partial charge < -0.3 is 15.4 Å². The van der Waals surface area contributed by atoms with Crippen LogP contribution in [-0.2, 0) is 17.9 Å². The molecule has 0 unspecified atom stereocenters. The summed E-state index contributed by atoms with van der Waals surface area (Å²) >= 11 is 0. The molecule has 1 saturated carbocycles. The van der Waals surface area contributed by atoms with Crippen LogP contribution in [0.5, 0.6) is 5.75 Å². The van der Waals surface area contributed by atoms with Gasteiger partial charge >= 0.3 is 0 Å². The average molecular weight is 339 g/mol. The van der Waals surface area contributed by atoms with Crippen molar-refractivity contribution in [1.82, 2.24) is 5.32 Å². The van der Waals surface area contributed by atoms with Crippen molar-refractivity contribution < 1.29 is 14.8 Å². The van der Waals surface area contributed by atoms with E-state index in [1.807, 2.05) is 48.5 Å². The van der Waals surface area contributed by atoms with Gasteiger partial charge in [-0.3, -0.25) is 4.79 Å². The van der Waals surface area contributed by atoms with Gasteiger partial charge in [0.05, 0.1) is 6.04 Å². The Hall–Kier alpha value is -2.33. The van der Waals surface area contributed by atoms with Crippen LogP contribution in [0.1, 0.15) is 36.8 Å². The van der Waals surface area contributed by atoms with Gasteiger partial charge in [0.1, 0.15) is 12.3 Å². The van der Waals surface area contributed by atoms with Crippen LogP contribution in [0.15, 0.2) is 54.6 Å². The standard InChI is InChI=1S/C21H26N2O2/c24-21(23-14-17-8-2-1-3-9-17)16-25-20-13-7-4-10-18(20)15-22-19-11-5-6-12-19/h1-4,7-10,13,19,22H,5-6,11-12,14-16H2,(H,23,24)/p+1. The smallest absolute Gasteiger partial charge is 0.258 e. The zero-order valence-corrected chi connectivity index (χ0v) is 14.6. The van der Waals surface area contributed by atoms with Gasteiger partial charge in [-0.15, -0.1) is 0 Å². The maximum Gasteiger partial charge on any atom is 0.258 e. The van der Waals surface area contributed by atoms with Crippen LogP contribution in [0.25, 0.3) is 0 Å². The average Bonchev–Trinajstić information content (AvgIpc) is 3.18. The normalized spacial score (nSPS) is 14.4. The third-order valence-electron chi connectivity index (χ3n) is 4.73. The minimum atomic E-state index is -0.0987. The topological polar surface area (TPSA) is 54.9 Å². The van der Waals surface area contributed by atoms with Crippen LogP contribution in [-0.4, -0.2) is 18.6 Å². The minimum Gasteiger partial charge on any atom is -0.483 e. The molecule has 0 heterocycles. The molecule has 1 fully saturated rings. The molecule has 25 heavy (non-hydrogen) atoms. The highest BCUT2D eigenvalue weighted by atomic mass is 16.5. The van der Waals surface area contributed by atoms with Gasteiger partial charge in [0.2, 0.25) is 0 Å². The fraction of sp³-hybridized carbons (Fsp3) is 0.381. The number of carbonyl (C=O) groups excluding carboxylic acids is 1. The zero-order valence-electron chi connectivity index (χ0n) is 14.6. The second kappa shape index (κ2) is 9.23. The third kappa shape index (κ3) is 5.61. The molecule has 0 aromatic heterocycles. The molecular formula is C21H27N2O2+. The molecular weight excluding hydrogens is 312 g/mol. The number of amides is 1. The van der Waals surface area contributed by atoms with E-state index >= 15 is 0 Å². The summed E-state index contributed by atoms with van der Waals surface area (Å²) in [6, 6.07) is 18.6. The van der Waals surface area contributed by atoms with Gasteiger partial charge in [-0.05, 0) is 43.4 Å². The van der Waals surface area contributed by atoms with Crippen LogP contribution in [0.3, 0.4) is 0 Å². The Morgan fingerprint density at radius 1 is 1.04 bits per heavy atom. The van der Waals surface area contributed by atoms with Gasteiger partial charge in [-0.1, -0.05) is 42.5 Å². The monoisotopic (exact) mass is 339 g/mol. The SMILES string of the molecule is O=C(COc1ccccc1C[NH2+]C1CCCC1)NCc1ccccc1. The first-order chi connectivity index (χ1) is 12.3. The van der Waals surface area contributed by atoms with E-state index in [1.165, 1.54) is 25.7 Å². The summed E-state index contributed by atoms with van der Waals surface area (Å²) in [6.07, 6.45) is 5.32. The number of benzene rings is 2. The number of rotatable bonds is 8. The van der Waals surface area contributed by atoms with E-state index in [-0.39, 0.29) is 12.5 Å². The van der Waals surface area contributed by atoms with E-state index in [0.717, 1.165) is 29.5 Å². The molecule has 132 valence electrons. The number of nitrogens with one attached hydrogen (secondary N) is 1. The molecule has 3 N–H and O–H groups in total. The molecule has 0 spiro atoms. The highest BCUT2D eigenvalue weighted by molar-refractivity contribution is 5.77.